The van der Waals surface area contributed by atoms with E-state index in [9.17, 15) is 0 Å². The van der Waals surface area contributed by atoms with Crippen LogP contribution in [0, 0.1) is 12.8 Å². The molecule has 1 aliphatic carbocycles. The van der Waals surface area contributed by atoms with Gasteiger partial charge in [-0.15, -0.1) is 0 Å². The van der Waals surface area contributed by atoms with Crippen molar-refractivity contribution in [3.8, 4) is 0 Å². The Morgan fingerprint density at radius 3 is 2.74 bits per heavy atom. The smallest absolute Gasteiger partial charge is 0.131 e. The topological polar surface area (TPSA) is 47.1 Å². The Morgan fingerprint density at radius 1 is 1.21 bits per heavy atom. The van der Waals surface area contributed by atoms with Crippen molar-refractivity contribution in [3.63, 3.8) is 0 Å². The van der Waals surface area contributed by atoms with E-state index in [1.165, 1.54) is 56.5 Å². The molecular formula is C15H26N4. The molecule has 0 radical (unpaired) electrons. The molecule has 3 rings (SSSR count). The van der Waals surface area contributed by atoms with E-state index >= 15 is 0 Å². The van der Waals surface area contributed by atoms with Crippen LogP contribution in [0.2, 0.25) is 0 Å². The third-order valence-corrected chi connectivity index (χ3v) is 5.03. The van der Waals surface area contributed by atoms with Crippen molar-refractivity contribution < 1.29 is 0 Å². The lowest BCUT2D eigenvalue weighted by molar-refractivity contribution is 0.241. The van der Waals surface area contributed by atoms with Gasteiger partial charge in [0.05, 0.1) is 5.69 Å². The Balaban J connectivity index is 1.96. The zero-order chi connectivity index (χ0) is 13.4. The lowest BCUT2D eigenvalue weighted by atomic mass is 9.78. The number of anilines is 1. The number of nitrogens with two attached hydrogens (primary N) is 1. The van der Waals surface area contributed by atoms with Gasteiger partial charge in [-0.3, -0.25) is 4.68 Å². The quantitative estimate of drug-likeness (QED) is 0.890. The molecule has 0 bridgehead atoms. The van der Waals surface area contributed by atoms with Gasteiger partial charge in [0.2, 0.25) is 0 Å². The summed E-state index contributed by atoms with van der Waals surface area (Å²) >= 11 is 0. The number of rotatable bonds is 2. The zero-order valence-electron chi connectivity index (χ0n) is 12.2. The largest absolute Gasteiger partial charge is 0.353 e. The van der Waals surface area contributed by atoms with Crippen LogP contribution in [-0.4, -0.2) is 22.4 Å². The highest BCUT2D eigenvalue weighted by atomic mass is 15.4. The molecule has 1 saturated carbocycles. The van der Waals surface area contributed by atoms with Crippen molar-refractivity contribution in [1.29, 1.82) is 0 Å². The van der Waals surface area contributed by atoms with Crippen molar-refractivity contribution in [2.24, 2.45) is 18.7 Å². The number of piperidine rings is 1. The first-order valence-electron chi connectivity index (χ1n) is 7.71. The van der Waals surface area contributed by atoms with Gasteiger partial charge in [0.25, 0.3) is 0 Å². The van der Waals surface area contributed by atoms with Gasteiger partial charge in [-0.2, -0.15) is 5.10 Å². The van der Waals surface area contributed by atoms with Crippen LogP contribution in [0.4, 0.5) is 5.82 Å². The minimum atomic E-state index is 0.600. The molecule has 2 heterocycles. The maximum absolute atomic E-state index is 5.96. The van der Waals surface area contributed by atoms with E-state index in [-0.39, 0.29) is 0 Å². The Morgan fingerprint density at radius 2 is 1.95 bits per heavy atom. The first-order chi connectivity index (χ1) is 9.22. The van der Waals surface area contributed by atoms with Crippen LogP contribution >= 0.6 is 0 Å². The molecule has 0 spiro atoms. The summed E-state index contributed by atoms with van der Waals surface area (Å²) in [5.41, 5.74) is 8.30. The van der Waals surface area contributed by atoms with E-state index < -0.39 is 0 Å². The summed E-state index contributed by atoms with van der Waals surface area (Å²) in [4.78, 5) is 2.62. The third kappa shape index (κ3) is 2.16. The predicted octanol–water partition coefficient (Wildman–Crippen LogP) is 2.35. The lowest BCUT2D eigenvalue weighted by Crippen LogP contribution is -2.48. The van der Waals surface area contributed by atoms with Crippen molar-refractivity contribution in [2.45, 2.75) is 58.0 Å². The number of aromatic nitrogens is 2. The molecule has 0 aromatic carbocycles. The maximum atomic E-state index is 5.96. The summed E-state index contributed by atoms with van der Waals surface area (Å²) in [7, 11) is 2.06. The molecule has 19 heavy (non-hydrogen) atoms. The van der Waals surface area contributed by atoms with Gasteiger partial charge in [-0.25, -0.2) is 0 Å². The molecule has 1 aromatic heterocycles. The molecule has 0 amide bonds. The minimum absolute atomic E-state index is 0.600. The molecule has 1 aliphatic heterocycles. The molecule has 2 unspecified atom stereocenters. The monoisotopic (exact) mass is 262 g/mol. The number of hydrogen-bond acceptors (Lipinski definition) is 3. The van der Waals surface area contributed by atoms with Crippen LogP contribution < -0.4 is 10.6 Å². The highest BCUT2D eigenvalue weighted by Crippen LogP contribution is 2.39. The summed E-state index contributed by atoms with van der Waals surface area (Å²) in [6, 6.07) is 0.725. The second kappa shape index (κ2) is 5.16. The number of nitrogens with zero attached hydrogens (tertiary/aromatic N) is 3. The van der Waals surface area contributed by atoms with Gasteiger partial charge in [0.1, 0.15) is 5.82 Å². The molecule has 1 saturated heterocycles. The Kier molecular flexibility index (Phi) is 3.52. The van der Waals surface area contributed by atoms with E-state index in [0.717, 1.165) is 17.7 Å². The summed E-state index contributed by atoms with van der Waals surface area (Å²) in [5.74, 6) is 2.18. The SMILES string of the molecule is Cc1nn(C)c(N2CCCC3CCCCC32)c1CN. The van der Waals surface area contributed by atoms with Gasteiger partial charge in [0, 0.05) is 31.7 Å². The standard InChI is InChI=1S/C15H26N4/c1-11-13(10-16)15(18(2)17-11)19-9-5-7-12-6-3-4-8-14(12)19/h12,14H,3-10,16H2,1-2H3. The highest BCUT2D eigenvalue weighted by molar-refractivity contribution is 5.51. The predicted molar refractivity (Wildman–Crippen MR) is 78.2 cm³/mol. The first-order valence-corrected chi connectivity index (χ1v) is 7.71. The van der Waals surface area contributed by atoms with Crippen LogP contribution in [0.3, 0.4) is 0 Å². The Labute approximate surface area is 116 Å². The van der Waals surface area contributed by atoms with Crippen molar-refractivity contribution >= 4 is 5.82 Å². The normalized spacial score (nSPS) is 27.4. The fourth-order valence-corrected chi connectivity index (χ4v) is 4.18. The lowest BCUT2D eigenvalue weighted by Gasteiger charge is -2.45. The fourth-order valence-electron chi connectivity index (χ4n) is 4.18. The van der Waals surface area contributed by atoms with E-state index in [0.29, 0.717) is 6.54 Å². The molecule has 2 aliphatic rings. The van der Waals surface area contributed by atoms with E-state index in [2.05, 4.69) is 28.7 Å². The fraction of sp³-hybridized carbons (Fsp3) is 0.800. The van der Waals surface area contributed by atoms with Crippen molar-refractivity contribution in [1.82, 2.24) is 9.78 Å². The Hall–Kier alpha value is -1.03. The van der Waals surface area contributed by atoms with Gasteiger partial charge < -0.3 is 10.6 Å². The summed E-state index contributed by atoms with van der Waals surface area (Å²) in [6.45, 7) is 3.85. The second-order valence-electron chi connectivity index (χ2n) is 6.16. The second-order valence-corrected chi connectivity index (χ2v) is 6.16. The molecule has 2 fully saturated rings. The van der Waals surface area contributed by atoms with E-state index in [1.807, 2.05) is 0 Å². The molecule has 1 aromatic rings. The zero-order valence-corrected chi connectivity index (χ0v) is 12.2. The third-order valence-electron chi connectivity index (χ3n) is 5.03. The molecule has 4 nitrogen and oxygen atoms in total. The maximum Gasteiger partial charge on any atom is 0.131 e. The molecular weight excluding hydrogens is 236 g/mol. The number of hydrogen-bond donors (Lipinski definition) is 1. The summed E-state index contributed by atoms with van der Waals surface area (Å²) in [5, 5.41) is 4.59. The molecule has 2 atom stereocenters. The van der Waals surface area contributed by atoms with Crippen LogP contribution in [-0.2, 0) is 13.6 Å². The van der Waals surface area contributed by atoms with E-state index in [1.54, 1.807) is 0 Å². The highest BCUT2D eigenvalue weighted by Gasteiger charge is 2.35. The first kappa shape index (κ1) is 13.0. The number of fused-ring (bicyclic) bond motifs is 1. The van der Waals surface area contributed by atoms with Gasteiger partial charge in [0.15, 0.2) is 0 Å². The average Bonchev–Trinajstić information content (AvgIpc) is 2.72. The summed E-state index contributed by atoms with van der Waals surface area (Å²) < 4.78 is 2.05. The minimum Gasteiger partial charge on any atom is -0.353 e. The van der Waals surface area contributed by atoms with Crippen LogP contribution in [0.5, 0.6) is 0 Å². The molecule has 2 N–H and O–H groups in total. The molecule has 4 heteroatoms. The molecule has 106 valence electrons. The summed E-state index contributed by atoms with van der Waals surface area (Å²) in [6.07, 6.45) is 8.29. The van der Waals surface area contributed by atoms with Crippen LogP contribution in [0.15, 0.2) is 0 Å². The van der Waals surface area contributed by atoms with Crippen LogP contribution in [0.25, 0.3) is 0 Å². The Bertz CT molecular complexity index is 449. The number of aryl methyl sites for hydroxylation is 2. The van der Waals surface area contributed by atoms with Crippen molar-refractivity contribution in [3.05, 3.63) is 11.3 Å². The van der Waals surface area contributed by atoms with Gasteiger partial charge in [-0.05, 0) is 38.5 Å². The van der Waals surface area contributed by atoms with Crippen LogP contribution in [0.1, 0.15) is 49.8 Å². The van der Waals surface area contributed by atoms with Crippen molar-refractivity contribution in [2.75, 3.05) is 11.4 Å². The van der Waals surface area contributed by atoms with Gasteiger partial charge >= 0.3 is 0 Å². The average molecular weight is 262 g/mol. The van der Waals surface area contributed by atoms with Gasteiger partial charge in [-0.1, -0.05) is 12.8 Å². The van der Waals surface area contributed by atoms with E-state index in [4.69, 9.17) is 5.73 Å².